The number of nitrogens with zero attached hydrogens (tertiary/aromatic N) is 3. The number of pyridine rings is 1. The Morgan fingerprint density at radius 3 is 2.47 bits per heavy atom. The van der Waals surface area contributed by atoms with Crippen molar-refractivity contribution in [2.45, 2.75) is 13.8 Å². The van der Waals surface area contributed by atoms with E-state index in [2.05, 4.69) is 4.98 Å². The third-order valence-electron chi connectivity index (χ3n) is 4.99. The maximum atomic E-state index is 13.4. The van der Waals surface area contributed by atoms with Crippen LogP contribution in [0.2, 0.25) is 0 Å². The quantitative estimate of drug-likeness (QED) is 0.554. The number of ether oxygens (including phenoxy) is 1. The van der Waals surface area contributed by atoms with Crippen LogP contribution in [0.3, 0.4) is 0 Å². The number of hydrogen-bond acceptors (Lipinski definition) is 5. The SMILES string of the molecule is COc1nccc(/C=C/c2nc3ccccc3c(=O)n2-c2c(C)cccc2C)c1O. The Bertz CT molecular complexity index is 1320. The highest BCUT2D eigenvalue weighted by Crippen LogP contribution is 2.28. The van der Waals surface area contributed by atoms with Gasteiger partial charge in [-0.05, 0) is 55.3 Å². The fraction of sp³-hybridized carbons (Fsp3) is 0.125. The average molecular weight is 399 g/mol. The number of aromatic hydroxyl groups is 1. The molecule has 2 aromatic heterocycles. The number of para-hydroxylation sites is 2. The first-order valence-corrected chi connectivity index (χ1v) is 9.49. The molecule has 0 atom stereocenters. The van der Waals surface area contributed by atoms with Crippen molar-refractivity contribution in [1.29, 1.82) is 0 Å². The Kier molecular flexibility index (Phi) is 5.06. The van der Waals surface area contributed by atoms with Gasteiger partial charge in [0.1, 0.15) is 5.82 Å². The molecule has 0 saturated carbocycles. The number of benzene rings is 2. The maximum absolute atomic E-state index is 13.4. The van der Waals surface area contributed by atoms with Gasteiger partial charge >= 0.3 is 0 Å². The summed E-state index contributed by atoms with van der Waals surface area (Å²) in [4.78, 5) is 22.2. The minimum absolute atomic E-state index is 0.0713. The van der Waals surface area contributed by atoms with Crippen LogP contribution in [0.15, 0.2) is 59.5 Å². The maximum Gasteiger partial charge on any atom is 0.266 e. The first-order chi connectivity index (χ1) is 14.5. The Morgan fingerprint density at radius 2 is 1.73 bits per heavy atom. The summed E-state index contributed by atoms with van der Waals surface area (Å²) >= 11 is 0. The smallest absolute Gasteiger partial charge is 0.266 e. The zero-order valence-electron chi connectivity index (χ0n) is 17.0. The number of methoxy groups -OCH3 is 1. The molecule has 0 aliphatic rings. The van der Waals surface area contributed by atoms with Gasteiger partial charge in [0.2, 0.25) is 0 Å². The molecule has 0 unspecified atom stereocenters. The summed E-state index contributed by atoms with van der Waals surface area (Å²) in [6.07, 6.45) is 4.96. The molecule has 150 valence electrons. The van der Waals surface area contributed by atoms with Gasteiger partial charge in [0.05, 0.1) is 23.7 Å². The molecule has 30 heavy (non-hydrogen) atoms. The fourth-order valence-electron chi connectivity index (χ4n) is 3.53. The Hall–Kier alpha value is -3.93. The largest absolute Gasteiger partial charge is 0.503 e. The van der Waals surface area contributed by atoms with Crippen LogP contribution in [0, 0.1) is 13.8 Å². The highest BCUT2D eigenvalue weighted by molar-refractivity contribution is 5.80. The van der Waals surface area contributed by atoms with Crippen LogP contribution >= 0.6 is 0 Å². The number of hydrogen-bond donors (Lipinski definition) is 1. The second kappa shape index (κ2) is 7.83. The highest BCUT2D eigenvalue weighted by atomic mass is 16.5. The number of fused-ring (bicyclic) bond motifs is 1. The lowest BCUT2D eigenvalue weighted by atomic mass is 10.1. The standard InChI is InChI=1S/C24H21N3O3/c1-15-7-6-8-16(2)21(15)27-20(26-19-10-5-4-9-18(19)24(27)29)12-11-17-13-14-25-23(30-3)22(17)28/h4-14,28H,1-3H3/b12-11+. The van der Waals surface area contributed by atoms with Gasteiger partial charge in [-0.25, -0.2) is 9.97 Å². The van der Waals surface area contributed by atoms with Crippen molar-refractivity contribution in [3.05, 3.63) is 87.6 Å². The third kappa shape index (κ3) is 3.33. The summed E-state index contributed by atoms with van der Waals surface area (Å²) < 4.78 is 6.70. The molecule has 4 rings (SSSR count). The predicted molar refractivity (Wildman–Crippen MR) is 118 cm³/mol. The lowest BCUT2D eigenvalue weighted by Crippen LogP contribution is -2.23. The van der Waals surface area contributed by atoms with E-state index in [1.165, 1.54) is 7.11 Å². The molecule has 0 fully saturated rings. The summed E-state index contributed by atoms with van der Waals surface area (Å²) in [5.74, 6) is 0.528. The average Bonchev–Trinajstić information content (AvgIpc) is 2.74. The van der Waals surface area contributed by atoms with Gasteiger partial charge in [-0.15, -0.1) is 0 Å². The fourth-order valence-corrected chi connectivity index (χ4v) is 3.53. The van der Waals surface area contributed by atoms with Crippen molar-refractivity contribution >= 4 is 23.1 Å². The van der Waals surface area contributed by atoms with Crippen LogP contribution in [0.5, 0.6) is 11.6 Å². The third-order valence-corrected chi connectivity index (χ3v) is 4.99. The van der Waals surface area contributed by atoms with Gasteiger partial charge in [0.15, 0.2) is 5.75 Å². The molecule has 0 bridgehead atoms. The van der Waals surface area contributed by atoms with E-state index in [1.54, 1.807) is 35.0 Å². The van der Waals surface area contributed by atoms with E-state index in [1.807, 2.05) is 50.2 Å². The van der Waals surface area contributed by atoms with Crippen molar-refractivity contribution in [1.82, 2.24) is 14.5 Å². The lowest BCUT2D eigenvalue weighted by Gasteiger charge is -2.16. The van der Waals surface area contributed by atoms with Gasteiger partial charge in [0.25, 0.3) is 11.4 Å². The first kappa shape index (κ1) is 19.4. The topological polar surface area (TPSA) is 77.2 Å². The zero-order valence-corrected chi connectivity index (χ0v) is 17.0. The molecule has 2 aromatic carbocycles. The van der Waals surface area contributed by atoms with Gasteiger partial charge in [-0.1, -0.05) is 30.3 Å². The molecular weight excluding hydrogens is 378 g/mol. The number of rotatable bonds is 4. The molecule has 0 saturated heterocycles. The van der Waals surface area contributed by atoms with Gasteiger partial charge < -0.3 is 9.84 Å². The molecule has 2 heterocycles. The normalized spacial score (nSPS) is 11.3. The second-order valence-corrected chi connectivity index (χ2v) is 6.96. The molecular formula is C24H21N3O3. The minimum atomic E-state index is -0.144. The molecule has 0 aliphatic carbocycles. The van der Waals surface area contributed by atoms with Crippen LogP contribution in [-0.2, 0) is 0 Å². The van der Waals surface area contributed by atoms with Crippen LogP contribution in [0.25, 0.3) is 28.7 Å². The zero-order chi connectivity index (χ0) is 21.3. The lowest BCUT2D eigenvalue weighted by molar-refractivity contribution is 0.358. The summed E-state index contributed by atoms with van der Waals surface area (Å²) in [6.45, 7) is 3.94. The summed E-state index contributed by atoms with van der Waals surface area (Å²) in [7, 11) is 1.44. The molecule has 0 spiro atoms. The molecule has 1 N–H and O–H groups in total. The van der Waals surface area contributed by atoms with Gasteiger partial charge in [-0.2, -0.15) is 0 Å². The van der Waals surface area contributed by atoms with E-state index in [0.717, 1.165) is 16.8 Å². The van der Waals surface area contributed by atoms with Crippen molar-refractivity contribution in [2.24, 2.45) is 0 Å². The van der Waals surface area contributed by atoms with E-state index in [9.17, 15) is 9.90 Å². The molecule has 6 nitrogen and oxygen atoms in total. The highest BCUT2D eigenvalue weighted by Gasteiger charge is 2.15. The Morgan fingerprint density at radius 1 is 1.00 bits per heavy atom. The van der Waals surface area contributed by atoms with Crippen LogP contribution < -0.4 is 10.3 Å². The first-order valence-electron chi connectivity index (χ1n) is 9.49. The molecule has 6 heteroatoms. The van der Waals surface area contributed by atoms with E-state index in [4.69, 9.17) is 9.72 Å². The van der Waals surface area contributed by atoms with Crippen LogP contribution in [-0.4, -0.2) is 26.8 Å². The number of aryl methyl sites for hydroxylation is 2. The monoisotopic (exact) mass is 399 g/mol. The summed E-state index contributed by atoms with van der Waals surface area (Å²) in [5, 5.41) is 10.9. The van der Waals surface area contributed by atoms with Gasteiger partial charge in [0, 0.05) is 11.8 Å². The van der Waals surface area contributed by atoms with E-state index in [-0.39, 0.29) is 17.2 Å². The van der Waals surface area contributed by atoms with E-state index in [0.29, 0.717) is 22.3 Å². The van der Waals surface area contributed by atoms with Crippen molar-refractivity contribution in [3.8, 4) is 17.3 Å². The summed E-state index contributed by atoms with van der Waals surface area (Å²) in [5.41, 5.74) is 3.72. The molecule has 4 aromatic rings. The van der Waals surface area contributed by atoms with Crippen molar-refractivity contribution in [3.63, 3.8) is 0 Å². The van der Waals surface area contributed by atoms with Gasteiger partial charge in [-0.3, -0.25) is 9.36 Å². The molecule has 0 radical (unpaired) electrons. The summed E-state index contributed by atoms with van der Waals surface area (Å²) in [6, 6.07) is 14.8. The van der Waals surface area contributed by atoms with Crippen molar-refractivity contribution < 1.29 is 9.84 Å². The van der Waals surface area contributed by atoms with Crippen molar-refractivity contribution in [2.75, 3.05) is 7.11 Å². The number of aromatic nitrogens is 3. The Labute approximate surface area is 173 Å². The van der Waals surface area contributed by atoms with Crippen LogP contribution in [0.4, 0.5) is 0 Å². The Balaban J connectivity index is 1.99. The molecule has 0 amide bonds. The van der Waals surface area contributed by atoms with Crippen LogP contribution in [0.1, 0.15) is 22.5 Å². The predicted octanol–water partition coefficient (Wildman–Crippen LogP) is 4.28. The molecule has 0 aliphatic heterocycles. The minimum Gasteiger partial charge on any atom is -0.503 e. The second-order valence-electron chi connectivity index (χ2n) is 6.96. The van der Waals surface area contributed by atoms with E-state index >= 15 is 0 Å². The van der Waals surface area contributed by atoms with E-state index < -0.39 is 0 Å².